The zero-order valence-corrected chi connectivity index (χ0v) is 13.3. The van der Waals surface area contributed by atoms with Gasteiger partial charge in [0.1, 0.15) is 5.82 Å². The monoisotopic (exact) mass is 336 g/mol. The molecule has 23 heavy (non-hydrogen) atoms. The standard InChI is InChI=1S/C15H17ClN4O3/c1-8(18-15(22)23)13-19-11-4-2-3-10(16)12(11)14(21)20(13)9-5-6-17-7-9/h2-4,8-9,17-18H,5-7H2,1H3,(H,22,23)/t8-,9?/m0/s1. The second-order valence-corrected chi connectivity index (χ2v) is 6.00. The summed E-state index contributed by atoms with van der Waals surface area (Å²) in [6, 6.07) is 4.41. The van der Waals surface area contributed by atoms with Crippen molar-refractivity contribution in [3.05, 3.63) is 39.4 Å². The largest absolute Gasteiger partial charge is 0.465 e. The van der Waals surface area contributed by atoms with Gasteiger partial charge in [-0.25, -0.2) is 9.78 Å². The Balaban J connectivity index is 2.25. The number of hydrogen-bond acceptors (Lipinski definition) is 4. The smallest absolute Gasteiger partial charge is 0.405 e. The molecule has 3 N–H and O–H groups in total. The van der Waals surface area contributed by atoms with Gasteiger partial charge in [-0.2, -0.15) is 0 Å². The van der Waals surface area contributed by atoms with E-state index < -0.39 is 12.1 Å². The van der Waals surface area contributed by atoms with Gasteiger partial charge in [-0.1, -0.05) is 17.7 Å². The first-order valence-corrected chi connectivity index (χ1v) is 7.77. The number of amides is 1. The average Bonchev–Trinajstić information content (AvgIpc) is 3.00. The van der Waals surface area contributed by atoms with Crippen LogP contribution in [-0.2, 0) is 0 Å². The molecule has 1 fully saturated rings. The lowest BCUT2D eigenvalue weighted by molar-refractivity contribution is 0.190. The number of hydrogen-bond donors (Lipinski definition) is 3. The van der Waals surface area contributed by atoms with Crippen molar-refractivity contribution in [2.45, 2.75) is 25.4 Å². The summed E-state index contributed by atoms with van der Waals surface area (Å²) in [5.74, 6) is 0.404. The Labute approximate surface area is 137 Å². The number of halogens is 1. The van der Waals surface area contributed by atoms with Gasteiger partial charge in [0.05, 0.1) is 28.0 Å². The number of fused-ring (bicyclic) bond motifs is 1. The number of carboxylic acid groups (broad SMARTS) is 1. The lowest BCUT2D eigenvalue weighted by Crippen LogP contribution is -2.36. The summed E-state index contributed by atoms with van der Waals surface area (Å²) < 4.78 is 1.58. The lowest BCUT2D eigenvalue weighted by Gasteiger charge is -2.22. The van der Waals surface area contributed by atoms with Crippen molar-refractivity contribution in [2.24, 2.45) is 0 Å². The van der Waals surface area contributed by atoms with E-state index in [0.717, 1.165) is 13.0 Å². The summed E-state index contributed by atoms with van der Waals surface area (Å²) >= 11 is 6.18. The third kappa shape index (κ3) is 2.89. The highest BCUT2D eigenvalue weighted by atomic mass is 35.5. The fourth-order valence-electron chi connectivity index (χ4n) is 2.99. The molecule has 0 aliphatic carbocycles. The molecule has 1 aliphatic heterocycles. The molecule has 8 heteroatoms. The Kier molecular flexibility index (Phi) is 4.23. The van der Waals surface area contributed by atoms with Crippen molar-refractivity contribution in [3.63, 3.8) is 0 Å². The summed E-state index contributed by atoms with van der Waals surface area (Å²) in [4.78, 5) is 28.5. The van der Waals surface area contributed by atoms with Crippen molar-refractivity contribution < 1.29 is 9.90 Å². The van der Waals surface area contributed by atoms with Crippen LogP contribution in [0.25, 0.3) is 10.9 Å². The first-order chi connectivity index (χ1) is 11.0. The number of aromatic nitrogens is 2. The van der Waals surface area contributed by atoms with E-state index in [1.54, 1.807) is 29.7 Å². The molecule has 1 aromatic heterocycles. The molecule has 3 rings (SSSR count). The molecule has 0 radical (unpaired) electrons. The summed E-state index contributed by atoms with van der Waals surface area (Å²) in [6.07, 6.45) is -0.376. The highest BCUT2D eigenvalue weighted by Gasteiger charge is 2.26. The SMILES string of the molecule is C[C@H](NC(=O)O)c1nc2cccc(Cl)c2c(=O)n1C1CCNC1. The Hall–Kier alpha value is -2.12. The predicted octanol–water partition coefficient (Wildman–Crippen LogP) is 1.91. The second kappa shape index (κ2) is 6.17. The molecule has 1 aromatic carbocycles. The molecule has 2 atom stereocenters. The molecule has 1 aliphatic rings. The average molecular weight is 337 g/mol. The maximum absolute atomic E-state index is 13.0. The van der Waals surface area contributed by atoms with Gasteiger partial charge in [0, 0.05) is 6.54 Å². The molecule has 0 spiro atoms. The molecule has 1 unspecified atom stereocenters. The minimum atomic E-state index is -1.16. The van der Waals surface area contributed by atoms with Gasteiger partial charge in [-0.05, 0) is 32.0 Å². The number of nitrogens with one attached hydrogen (secondary N) is 2. The Morgan fingerprint density at radius 2 is 2.35 bits per heavy atom. The number of nitrogens with zero attached hydrogens (tertiary/aromatic N) is 2. The van der Waals surface area contributed by atoms with Gasteiger partial charge in [-0.15, -0.1) is 0 Å². The van der Waals surface area contributed by atoms with Crippen LogP contribution < -0.4 is 16.2 Å². The first-order valence-electron chi connectivity index (χ1n) is 7.40. The molecule has 0 saturated carbocycles. The minimum absolute atomic E-state index is 0.0660. The number of benzene rings is 1. The normalized spacial score (nSPS) is 19.0. The van der Waals surface area contributed by atoms with Crippen molar-refractivity contribution in [3.8, 4) is 0 Å². The minimum Gasteiger partial charge on any atom is -0.465 e. The van der Waals surface area contributed by atoms with Crippen molar-refractivity contribution in [1.82, 2.24) is 20.2 Å². The van der Waals surface area contributed by atoms with Crippen LogP contribution in [0.3, 0.4) is 0 Å². The Morgan fingerprint density at radius 3 is 3.00 bits per heavy atom. The molecule has 7 nitrogen and oxygen atoms in total. The first kappa shape index (κ1) is 15.8. The third-order valence-electron chi connectivity index (χ3n) is 4.03. The van der Waals surface area contributed by atoms with Gasteiger partial charge >= 0.3 is 6.09 Å². The van der Waals surface area contributed by atoms with Crippen LogP contribution in [0.5, 0.6) is 0 Å². The van der Waals surface area contributed by atoms with E-state index in [9.17, 15) is 9.59 Å². The summed E-state index contributed by atoms with van der Waals surface area (Å²) in [7, 11) is 0. The van der Waals surface area contributed by atoms with E-state index in [1.807, 2.05) is 0 Å². The summed E-state index contributed by atoms with van der Waals surface area (Å²) in [5, 5.41) is 15.3. The fourth-order valence-corrected chi connectivity index (χ4v) is 3.24. The van der Waals surface area contributed by atoms with E-state index in [4.69, 9.17) is 16.7 Å². The number of rotatable bonds is 3. The summed E-state index contributed by atoms with van der Waals surface area (Å²) in [6.45, 7) is 3.12. The van der Waals surface area contributed by atoms with Crippen LogP contribution in [0.2, 0.25) is 5.02 Å². The van der Waals surface area contributed by atoms with E-state index in [-0.39, 0.29) is 11.6 Å². The Morgan fingerprint density at radius 1 is 1.57 bits per heavy atom. The van der Waals surface area contributed by atoms with E-state index in [0.29, 0.717) is 28.3 Å². The molecule has 122 valence electrons. The molecule has 1 amide bonds. The predicted molar refractivity (Wildman–Crippen MR) is 87.1 cm³/mol. The van der Waals surface area contributed by atoms with Crippen LogP contribution >= 0.6 is 11.6 Å². The zero-order valence-electron chi connectivity index (χ0n) is 12.5. The molecule has 2 heterocycles. The van der Waals surface area contributed by atoms with Crippen LogP contribution in [0, 0.1) is 0 Å². The fraction of sp³-hybridized carbons (Fsp3) is 0.400. The quantitative estimate of drug-likeness (QED) is 0.795. The highest BCUT2D eigenvalue weighted by Crippen LogP contribution is 2.24. The molecular formula is C15H17ClN4O3. The lowest BCUT2D eigenvalue weighted by atomic mass is 10.1. The topological polar surface area (TPSA) is 96.2 Å². The summed E-state index contributed by atoms with van der Waals surface area (Å²) in [5.41, 5.74) is 0.238. The molecule has 0 bridgehead atoms. The molecule has 1 saturated heterocycles. The second-order valence-electron chi connectivity index (χ2n) is 5.60. The maximum atomic E-state index is 13.0. The van der Waals surface area contributed by atoms with Gasteiger partial charge < -0.3 is 15.7 Å². The number of carbonyl (C=O) groups is 1. The molecular weight excluding hydrogens is 320 g/mol. The molecule has 2 aromatic rings. The van der Waals surface area contributed by atoms with Gasteiger partial charge in [0.2, 0.25) is 0 Å². The maximum Gasteiger partial charge on any atom is 0.405 e. The Bertz CT molecular complexity index is 814. The van der Waals surface area contributed by atoms with E-state index >= 15 is 0 Å². The van der Waals surface area contributed by atoms with Crippen molar-refractivity contribution in [1.29, 1.82) is 0 Å². The van der Waals surface area contributed by atoms with Crippen molar-refractivity contribution in [2.75, 3.05) is 13.1 Å². The van der Waals surface area contributed by atoms with E-state index in [1.165, 1.54) is 0 Å². The van der Waals surface area contributed by atoms with Crippen LogP contribution in [-0.4, -0.2) is 33.8 Å². The zero-order chi connectivity index (χ0) is 16.6. The van der Waals surface area contributed by atoms with Crippen LogP contribution in [0.4, 0.5) is 4.79 Å². The highest BCUT2D eigenvalue weighted by molar-refractivity contribution is 6.35. The van der Waals surface area contributed by atoms with Gasteiger partial charge in [0.25, 0.3) is 5.56 Å². The van der Waals surface area contributed by atoms with Crippen LogP contribution in [0.15, 0.2) is 23.0 Å². The van der Waals surface area contributed by atoms with Gasteiger partial charge in [-0.3, -0.25) is 9.36 Å². The van der Waals surface area contributed by atoms with Crippen molar-refractivity contribution >= 4 is 28.6 Å². The van der Waals surface area contributed by atoms with E-state index in [2.05, 4.69) is 15.6 Å². The van der Waals surface area contributed by atoms with Crippen LogP contribution in [0.1, 0.15) is 31.3 Å². The van der Waals surface area contributed by atoms with Gasteiger partial charge in [0.15, 0.2) is 0 Å². The third-order valence-corrected chi connectivity index (χ3v) is 4.35.